The number of aromatic nitrogens is 5. The highest BCUT2D eigenvalue weighted by atomic mass is 16.2. The minimum Gasteiger partial charge on any atom is -0.337 e. The van der Waals surface area contributed by atoms with Gasteiger partial charge in [-0.1, -0.05) is 0 Å². The third-order valence-corrected chi connectivity index (χ3v) is 4.07. The molecule has 2 aromatic heterocycles. The van der Waals surface area contributed by atoms with Crippen LogP contribution in [0.1, 0.15) is 35.0 Å². The van der Waals surface area contributed by atoms with E-state index < -0.39 is 0 Å². The average Bonchev–Trinajstić information content (AvgIpc) is 2.75. The molecule has 0 fully saturated rings. The summed E-state index contributed by atoms with van der Waals surface area (Å²) in [5.74, 6) is 1.89. The third kappa shape index (κ3) is 2.63. The highest BCUT2D eigenvalue weighted by molar-refractivity contribution is 5.92. The Bertz CT molecular complexity index is 638. The lowest BCUT2D eigenvalue weighted by Gasteiger charge is -2.26. The summed E-state index contributed by atoms with van der Waals surface area (Å²) >= 11 is 0. The monoisotopic (exact) mass is 286 g/mol. The van der Waals surface area contributed by atoms with Gasteiger partial charge >= 0.3 is 0 Å². The van der Waals surface area contributed by atoms with Gasteiger partial charge in [0, 0.05) is 32.3 Å². The molecule has 3 heterocycles. The first-order chi connectivity index (χ1) is 10.2. The van der Waals surface area contributed by atoms with Crippen molar-refractivity contribution in [2.75, 3.05) is 7.05 Å². The number of hydrogen-bond donors (Lipinski definition) is 0. The van der Waals surface area contributed by atoms with Crippen LogP contribution in [0.25, 0.3) is 0 Å². The Kier molecular flexibility index (Phi) is 3.64. The standard InChI is InChI=1S/C14H18N6O/c1-10-17-18-13-4-3-11(6-8-20(10)13)19(2)14(21)12-5-7-15-9-16-12/h5,7,9,11H,3-4,6,8H2,1-2H3. The Morgan fingerprint density at radius 2 is 2.24 bits per heavy atom. The van der Waals surface area contributed by atoms with E-state index in [4.69, 9.17) is 0 Å². The van der Waals surface area contributed by atoms with Gasteiger partial charge in [-0.2, -0.15) is 0 Å². The van der Waals surface area contributed by atoms with E-state index in [0.29, 0.717) is 5.69 Å². The molecule has 0 spiro atoms. The summed E-state index contributed by atoms with van der Waals surface area (Å²) in [4.78, 5) is 22.1. The number of amides is 1. The van der Waals surface area contributed by atoms with Crippen molar-refractivity contribution in [2.24, 2.45) is 0 Å². The first kappa shape index (κ1) is 13.7. The van der Waals surface area contributed by atoms with E-state index in [-0.39, 0.29) is 11.9 Å². The summed E-state index contributed by atoms with van der Waals surface area (Å²) in [7, 11) is 1.84. The van der Waals surface area contributed by atoms with Crippen molar-refractivity contribution in [3.8, 4) is 0 Å². The van der Waals surface area contributed by atoms with Gasteiger partial charge in [-0.05, 0) is 25.8 Å². The van der Waals surface area contributed by atoms with E-state index in [9.17, 15) is 4.79 Å². The molecule has 0 bridgehead atoms. The molecule has 1 aliphatic heterocycles. The summed E-state index contributed by atoms with van der Waals surface area (Å²) in [5.41, 5.74) is 0.437. The molecule has 21 heavy (non-hydrogen) atoms. The molecule has 7 heteroatoms. The van der Waals surface area contributed by atoms with Gasteiger partial charge in [0.2, 0.25) is 0 Å². The largest absolute Gasteiger partial charge is 0.337 e. The zero-order valence-corrected chi connectivity index (χ0v) is 12.2. The highest BCUT2D eigenvalue weighted by Gasteiger charge is 2.25. The number of carbonyl (C=O) groups excluding carboxylic acids is 1. The van der Waals surface area contributed by atoms with Crippen LogP contribution in [0.2, 0.25) is 0 Å². The number of carbonyl (C=O) groups is 1. The lowest BCUT2D eigenvalue weighted by molar-refractivity contribution is 0.0710. The Morgan fingerprint density at radius 3 is 3.00 bits per heavy atom. The fraction of sp³-hybridized carbons (Fsp3) is 0.500. The molecular formula is C14H18N6O. The molecular weight excluding hydrogens is 268 g/mol. The summed E-state index contributed by atoms with van der Waals surface area (Å²) in [5, 5.41) is 8.31. The Hall–Kier alpha value is -2.31. The minimum atomic E-state index is -0.0585. The maximum Gasteiger partial charge on any atom is 0.272 e. The van der Waals surface area contributed by atoms with Crippen LogP contribution in [0.15, 0.2) is 18.6 Å². The molecule has 0 aliphatic carbocycles. The second kappa shape index (κ2) is 5.59. The zero-order valence-electron chi connectivity index (χ0n) is 12.2. The van der Waals surface area contributed by atoms with E-state index in [1.165, 1.54) is 6.33 Å². The van der Waals surface area contributed by atoms with Crippen molar-refractivity contribution in [1.29, 1.82) is 0 Å². The molecule has 0 radical (unpaired) electrons. The number of nitrogens with zero attached hydrogens (tertiary/aromatic N) is 6. The van der Waals surface area contributed by atoms with Crippen LogP contribution < -0.4 is 0 Å². The number of rotatable bonds is 2. The van der Waals surface area contributed by atoms with E-state index in [2.05, 4.69) is 24.7 Å². The quantitative estimate of drug-likeness (QED) is 0.818. The highest BCUT2D eigenvalue weighted by Crippen LogP contribution is 2.19. The Labute approximate surface area is 123 Å². The molecule has 110 valence electrons. The van der Waals surface area contributed by atoms with Crippen LogP contribution in [-0.4, -0.2) is 48.6 Å². The summed E-state index contributed by atoms with van der Waals surface area (Å²) < 4.78 is 2.14. The lowest BCUT2D eigenvalue weighted by atomic mass is 10.1. The van der Waals surface area contributed by atoms with Crippen LogP contribution in [0.4, 0.5) is 0 Å². The molecule has 1 amide bonds. The second-order valence-electron chi connectivity index (χ2n) is 5.31. The number of fused-ring (bicyclic) bond motifs is 1. The fourth-order valence-corrected chi connectivity index (χ4v) is 2.77. The minimum absolute atomic E-state index is 0.0585. The molecule has 0 saturated heterocycles. The van der Waals surface area contributed by atoms with E-state index in [1.54, 1.807) is 17.2 Å². The average molecular weight is 286 g/mol. The van der Waals surface area contributed by atoms with Crippen molar-refractivity contribution in [3.05, 3.63) is 35.9 Å². The molecule has 1 atom stereocenters. The van der Waals surface area contributed by atoms with Gasteiger partial charge in [-0.15, -0.1) is 10.2 Å². The second-order valence-corrected chi connectivity index (χ2v) is 5.31. The topological polar surface area (TPSA) is 76.8 Å². The molecule has 1 unspecified atom stereocenters. The van der Waals surface area contributed by atoms with Crippen LogP contribution in [-0.2, 0) is 13.0 Å². The summed E-state index contributed by atoms with van der Waals surface area (Å²) in [6, 6.07) is 1.84. The van der Waals surface area contributed by atoms with E-state index in [1.807, 2.05) is 14.0 Å². The maximum atomic E-state index is 12.4. The first-order valence-electron chi connectivity index (χ1n) is 7.08. The zero-order chi connectivity index (χ0) is 14.8. The molecule has 1 aliphatic rings. The molecule has 0 saturated carbocycles. The number of aryl methyl sites for hydroxylation is 2. The van der Waals surface area contributed by atoms with Crippen molar-refractivity contribution >= 4 is 5.91 Å². The molecule has 0 aromatic carbocycles. The number of hydrogen-bond acceptors (Lipinski definition) is 5. The van der Waals surface area contributed by atoms with Crippen LogP contribution in [0, 0.1) is 6.92 Å². The van der Waals surface area contributed by atoms with Gasteiger partial charge in [0.1, 0.15) is 23.7 Å². The van der Waals surface area contributed by atoms with Gasteiger partial charge in [0.15, 0.2) is 0 Å². The van der Waals surface area contributed by atoms with Crippen molar-refractivity contribution in [3.63, 3.8) is 0 Å². The normalized spacial score (nSPS) is 17.9. The molecule has 0 N–H and O–H groups in total. The Morgan fingerprint density at radius 1 is 1.38 bits per heavy atom. The smallest absolute Gasteiger partial charge is 0.272 e. The van der Waals surface area contributed by atoms with Crippen molar-refractivity contribution < 1.29 is 4.79 Å². The molecule has 3 rings (SSSR count). The van der Waals surface area contributed by atoms with Gasteiger partial charge in [-0.3, -0.25) is 4.79 Å². The summed E-state index contributed by atoms with van der Waals surface area (Å²) in [6.45, 7) is 2.81. The van der Waals surface area contributed by atoms with Gasteiger partial charge < -0.3 is 9.47 Å². The Balaban J connectivity index is 1.72. The van der Waals surface area contributed by atoms with Gasteiger partial charge in [-0.25, -0.2) is 9.97 Å². The third-order valence-electron chi connectivity index (χ3n) is 4.07. The van der Waals surface area contributed by atoms with Crippen LogP contribution in [0.5, 0.6) is 0 Å². The fourth-order valence-electron chi connectivity index (χ4n) is 2.77. The molecule has 2 aromatic rings. The maximum absolute atomic E-state index is 12.4. The van der Waals surface area contributed by atoms with Crippen LogP contribution >= 0.6 is 0 Å². The van der Waals surface area contributed by atoms with Gasteiger partial charge in [0.25, 0.3) is 5.91 Å². The van der Waals surface area contributed by atoms with Crippen molar-refractivity contribution in [2.45, 2.75) is 38.8 Å². The SMILES string of the molecule is Cc1nnc2n1CCC(N(C)C(=O)c1ccncn1)CC2. The van der Waals surface area contributed by atoms with Crippen molar-refractivity contribution in [1.82, 2.24) is 29.6 Å². The van der Waals surface area contributed by atoms with E-state index in [0.717, 1.165) is 37.5 Å². The lowest BCUT2D eigenvalue weighted by Crippen LogP contribution is -2.37. The van der Waals surface area contributed by atoms with Crippen LogP contribution in [0.3, 0.4) is 0 Å². The predicted octanol–water partition coefficient (Wildman–Crippen LogP) is 0.854. The first-order valence-corrected chi connectivity index (χ1v) is 7.08. The molecule has 7 nitrogen and oxygen atoms in total. The van der Waals surface area contributed by atoms with E-state index >= 15 is 0 Å². The van der Waals surface area contributed by atoms with Gasteiger partial charge in [0.05, 0.1) is 0 Å². The predicted molar refractivity (Wildman–Crippen MR) is 75.6 cm³/mol. The summed E-state index contributed by atoms with van der Waals surface area (Å²) in [6.07, 6.45) is 5.63.